The van der Waals surface area contributed by atoms with Gasteiger partial charge in [-0.25, -0.2) is 0 Å². The molecule has 0 radical (unpaired) electrons. The van der Waals surface area contributed by atoms with E-state index >= 15 is 0 Å². The average molecular weight is 477 g/mol. The van der Waals surface area contributed by atoms with Gasteiger partial charge in [0.25, 0.3) is 0 Å². The summed E-state index contributed by atoms with van der Waals surface area (Å²) < 4.78 is 6.48. The Kier molecular flexibility index (Phi) is 6.34. The summed E-state index contributed by atoms with van der Waals surface area (Å²) in [5, 5.41) is 24.0. The molecule has 1 aliphatic rings. The van der Waals surface area contributed by atoms with Crippen LogP contribution in [0.1, 0.15) is 64.5 Å². The lowest BCUT2D eigenvalue weighted by Crippen LogP contribution is -2.22. The summed E-state index contributed by atoms with van der Waals surface area (Å²) in [6, 6.07) is 12.0. The molecular weight excluding hydrogens is 444 g/mol. The monoisotopic (exact) mass is 476 g/mol. The molecule has 0 amide bonds. The summed E-state index contributed by atoms with van der Waals surface area (Å²) in [6.07, 6.45) is 1.28. The predicted octanol–water partition coefficient (Wildman–Crippen LogP) is 6.62. The van der Waals surface area contributed by atoms with Gasteiger partial charge in [-0.15, -0.1) is 16.8 Å². The van der Waals surface area contributed by atoms with Crippen LogP contribution in [0, 0.1) is 0 Å². The van der Waals surface area contributed by atoms with Gasteiger partial charge in [-0.2, -0.15) is 4.98 Å². The third-order valence-electron chi connectivity index (χ3n) is 5.71. The molecule has 0 saturated carbocycles. The number of thioether (sulfide) groups is 1. The van der Waals surface area contributed by atoms with Crippen LogP contribution < -0.4 is 10.1 Å². The molecule has 34 heavy (non-hydrogen) atoms. The summed E-state index contributed by atoms with van der Waals surface area (Å²) in [5.41, 5.74) is 4.52. The SMILES string of the molecule is C=CCSc1nnc2c(n1)O[C@@H](c1cc(C(C)(C)C)c(O)c(C(C)(C)C)c1)Nc1ccccc1-2. The first kappa shape index (κ1) is 24.1. The van der Waals surface area contributed by atoms with Crippen molar-refractivity contribution in [2.24, 2.45) is 0 Å². The quantitative estimate of drug-likeness (QED) is 0.323. The van der Waals surface area contributed by atoms with Crippen molar-refractivity contribution in [1.82, 2.24) is 15.2 Å². The summed E-state index contributed by atoms with van der Waals surface area (Å²) in [7, 11) is 0. The fraction of sp³-hybridized carbons (Fsp3) is 0.370. The van der Waals surface area contributed by atoms with Gasteiger partial charge in [0.2, 0.25) is 11.0 Å². The largest absolute Gasteiger partial charge is 0.507 e. The highest BCUT2D eigenvalue weighted by Gasteiger charge is 2.31. The topological polar surface area (TPSA) is 80.2 Å². The number of aromatic hydroxyl groups is 1. The van der Waals surface area contributed by atoms with Gasteiger partial charge >= 0.3 is 0 Å². The first-order chi connectivity index (χ1) is 16.0. The number of fused-ring (bicyclic) bond motifs is 3. The van der Waals surface area contributed by atoms with Crippen LogP contribution in [0.5, 0.6) is 11.6 Å². The van der Waals surface area contributed by atoms with E-state index in [1.807, 2.05) is 36.4 Å². The Morgan fingerprint density at radius 3 is 2.32 bits per heavy atom. The van der Waals surface area contributed by atoms with Crippen molar-refractivity contribution in [2.45, 2.75) is 63.8 Å². The molecule has 0 saturated heterocycles. The number of rotatable bonds is 4. The zero-order valence-corrected chi connectivity index (χ0v) is 21.5. The molecular formula is C27H32N4O2S. The summed E-state index contributed by atoms with van der Waals surface area (Å²) in [5.74, 6) is 1.44. The molecule has 0 spiro atoms. The number of phenolic OH excluding ortho intramolecular Hbond substituents is 1. The zero-order valence-electron chi connectivity index (χ0n) is 20.6. The first-order valence-electron chi connectivity index (χ1n) is 11.4. The summed E-state index contributed by atoms with van der Waals surface area (Å²) in [6.45, 7) is 16.4. The molecule has 2 aromatic carbocycles. The Hall–Kier alpha value is -3.06. The molecule has 1 aromatic heterocycles. The number of hydrogen-bond donors (Lipinski definition) is 2. The summed E-state index contributed by atoms with van der Waals surface area (Å²) >= 11 is 1.46. The first-order valence-corrected chi connectivity index (χ1v) is 12.4. The molecule has 2 heterocycles. The Morgan fingerprint density at radius 1 is 1.06 bits per heavy atom. The lowest BCUT2D eigenvalue weighted by atomic mass is 9.78. The van der Waals surface area contributed by atoms with E-state index in [9.17, 15) is 5.11 Å². The maximum Gasteiger partial charge on any atom is 0.247 e. The fourth-order valence-electron chi connectivity index (χ4n) is 3.94. The predicted molar refractivity (Wildman–Crippen MR) is 139 cm³/mol. The number of aromatic nitrogens is 3. The Labute approximate surface area is 205 Å². The van der Waals surface area contributed by atoms with Gasteiger partial charge in [0.1, 0.15) is 5.75 Å². The van der Waals surface area contributed by atoms with Crippen LogP contribution in [-0.2, 0) is 10.8 Å². The van der Waals surface area contributed by atoms with Crippen LogP contribution in [0.3, 0.4) is 0 Å². The Morgan fingerprint density at radius 2 is 1.71 bits per heavy atom. The van der Waals surface area contributed by atoms with Crippen molar-refractivity contribution >= 4 is 17.4 Å². The minimum Gasteiger partial charge on any atom is -0.507 e. The molecule has 7 heteroatoms. The van der Waals surface area contributed by atoms with Gasteiger partial charge in [0.05, 0.1) is 0 Å². The van der Waals surface area contributed by atoms with Gasteiger partial charge in [-0.3, -0.25) is 0 Å². The van der Waals surface area contributed by atoms with E-state index in [1.165, 1.54) is 11.8 Å². The van der Waals surface area contributed by atoms with Gasteiger partial charge in [-0.1, -0.05) is 77.6 Å². The van der Waals surface area contributed by atoms with E-state index in [-0.39, 0.29) is 10.8 Å². The van der Waals surface area contributed by atoms with Crippen molar-refractivity contribution < 1.29 is 9.84 Å². The molecule has 178 valence electrons. The number of anilines is 1. The minimum absolute atomic E-state index is 0.251. The lowest BCUT2D eigenvalue weighted by molar-refractivity contribution is 0.224. The number of ether oxygens (including phenoxy) is 1. The molecule has 0 unspecified atom stereocenters. The van der Waals surface area contributed by atoms with E-state index in [0.29, 0.717) is 28.2 Å². The maximum atomic E-state index is 11.2. The third kappa shape index (κ3) is 4.75. The molecule has 2 N–H and O–H groups in total. The highest BCUT2D eigenvalue weighted by molar-refractivity contribution is 7.99. The fourth-order valence-corrected chi connectivity index (χ4v) is 4.46. The van der Waals surface area contributed by atoms with Crippen molar-refractivity contribution in [3.8, 4) is 22.9 Å². The van der Waals surface area contributed by atoms with Gasteiger partial charge in [0.15, 0.2) is 11.9 Å². The van der Waals surface area contributed by atoms with Crippen LogP contribution >= 0.6 is 11.8 Å². The van der Waals surface area contributed by atoms with Gasteiger partial charge < -0.3 is 15.2 Å². The third-order valence-corrected chi connectivity index (χ3v) is 6.55. The van der Waals surface area contributed by atoms with E-state index in [4.69, 9.17) is 4.74 Å². The highest BCUT2D eigenvalue weighted by Crippen LogP contribution is 2.44. The van der Waals surface area contributed by atoms with Gasteiger partial charge in [0, 0.05) is 33.7 Å². The van der Waals surface area contributed by atoms with Crippen molar-refractivity contribution in [2.75, 3.05) is 11.1 Å². The average Bonchev–Trinajstić information content (AvgIpc) is 2.92. The maximum absolute atomic E-state index is 11.2. The highest BCUT2D eigenvalue weighted by atomic mass is 32.2. The standard InChI is InChI=1S/C27H32N4O2S/c1-8-13-34-25-29-24-21(30-31-25)17-11-9-10-12-20(17)28-23(33-24)16-14-18(26(2,3)4)22(32)19(15-16)27(5,6)7/h8-12,14-15,23,28,32H,1,13H2,2-7H3/t23-/m0/s1. The Bertz CT molecular complexity index is 1190. The van der Waals surface area contributed by atoms with E-state index in [2.05, 4.69) is 68.6 Å². The van der Waals surface area contributed by atoms with Gasteiger partial charge in [-0.05, 0) is 29.0 Å². The van der Waals surface area contributed by atoms with E-state index in [0.717, 1.165) is 27.9 Å². The second-order valence-corrected chi connectivity index (χ2v) is 11.5. The smallest absolute Gasteiger partial charge is 0.247 e. The number of benzene rings is 2. The van der Waals surface area contributed by atoms with E-state index < -0.39 is 6.23 Å². The second kappa shape index (κ2) is 8.95. The molecule has 1 aliphatic heterocycles. The van der Waals surface area contributed by atoms with Crippen molar-refractivity contribution in [3.63, 3.8) is 0 Å². The summed E-state index contributed by atoms with van der Waals surface area (Å²) in [4.78, 5) is 4.68. The van der Waals surface area contributed by atoms with Crippen molar-refractivity contribution in [1.29, 1.82) is 0 Å². The van der Waals surface area contributed by atoms with Crippen LogP contribution in [0.25, 0.3) is 11.3 Å². The number of para-hydroxylation sites is 1. The molecule has 4 rings (SSSR count). The second-order valence-electron chi connectivity index (χ2n) is 10.5. The normalized spacial score (nSPS) is 15.4. The van der Waals surface area contributed by atoms with Crippen LogP contribution in [-0.4, -0.2) is 26.0 Å². The molecule has 0 bridgehead atoms. The minimum atomic E-state index is -0.529. The number of hydrogen-bond acceptors (Lipinski definition) is 7. The van der Waals surface area contributed by atoms with Crippen LogP contribution in [0.15, 0.2) is 54.2 Å². The molecule has 0 aliphatic carbocycles. The number of nitrogens with one attached hydrogen (secondary N) is 1. The molecule has 1 atom stereocenters. The number of nitrogens with zero attached hydrogens (tertiary/aromatic N) is 3. The van der Waals surface area contributed by atoms with Crippen LogP contribution in [0.4, 0.5) is 5.69 Å². The molecule has 3 aromatic rings. The van der Waals surface area contributed by atoms with E-state index in [1.54, 1.807) is 6.08 Å². The Balaban J connectivity index is 1.89. The number of phenols is 1. The molecule has 0 fully saturated rings. The lowest BCUT2D eigenvalue weighted by Gasteiger charge is -2.30. The zero-order chi connectivity index (χ0) is 24.7. The van der Waals surface area contributed by atoms with Crippen LogP contribution in [0.2, 0.25) is 0 Å². The molecule has 6 nitrogen and oxygen atoms in total. The van der Waals surface area contributed by atoms with Crippen molar-refractivity contribution in [3.05, 3.63) is 65.7 Å².